The molecule has 4 amide bonds. The van der Waals surface area contributed by atoms with Crippen LogP contribution in [0.3, 0.4) is 0 Å². The third kappa shape index (κ3) is 17.7. The highest BCUT2D eigenvalue weighted by atomic mass is 16.7. The summed E-state index contributed by atoms with van der Waals surface area (Å²) in [7, 11) is 2.35. The van der Waals surface area contributed by atoms with Gasteiger partial charge in [-0.2, -0.15) is 5.48 Å². The number of carbonyl (C=O) groups is 9. The molecule has 6 rings (SSSR count). The lowest BCUT2D eigenvalue weighted by molar-refractivity contribution is -0.282. The molecule has 4 N–H and O–H groups in total. The summed E-state index contributed by atoms with van der Waals surface area (Å²) in [5.41, 5.74) is 2.82. The molecule has 28 heteroatoms. The van der Waals surface area contributed by atoms with Crippen LogP contribution < -0.4 is 29.9 Å². The molecule has 3 aromatic carbocycles. The molecule has 0 saturated carbocycles. The van der Waals surface area contributed by atoms with E-state index in [0.29, 0.717) is 16.7 Å². The van der Waals surface area contributed by atoms with Crippen molar-refractivity contribution >= 4 is 59.5 Å². The maximum atomic E-state index is 14.6. The zero-order valence-electron chi connectivity index (χ0n) is 47.5. The van der Waals surface area contributed by atoms with Gasteiger partial charge in [-0.3, -0.25) is 33.6 Å². The Morgan fingerprint density at radius 1 is 0.774 bits per heavy atom. The number of fused-ring (bicyclic) bond motifs is 2. The topological polar surface area (TPSA) is 345 Å². The number of hydroxylamine groups is 1. The summed E-state index contributed by atoms with van der Waals surface area (Å²) in [6.45, 7) is 11.6. The Bertz CT molecular complexity index is 2930. The summed E-state index contributed by atoms with van der Waals surface area (Å²) in [4.78, 5) is 124. The molecule has 28 nitrogen and oxygen atoms in total. The number of aliphatic hydroxyl groups is 1. The third-order valence-corrected chi connectivity index (χ3v) is 12.4. The summed E-state index contributed by atoms with van der Waals surface area (Å²) < 4.78 is 67.2. The van der Waals surface area contributed by atoms with Crippen molar-refractivity contribution in [1.29, 1.82) is 0 Å². The number of hydrogen-bond acceptors (Lipinski definition) is 23. The van der Waals surface area contributed by atoms with E-state index in [1.165, 1.54) is 42.3 Å². The van der Waals surface area contributed by atoms with Gasteiger partial charge in [0.15, 0.2) is 36.0 Å². The van der Waals surface area contributed by atoms with Crippen LogP contribution in [0.1, 0.15) is 85.4 Å². The van der Waals surface area contributed by atoms with E-state index in [4.69, 9.17) is 61.7 Å². The number of nitrogens with zero attached hydrogens (tertiary/aromatic N) is 2. The second-order valence-corrected chi connectivity index (χ2v) is 20.0. The fourth-order valence-electron chi connectivity index (χ4n) is 8.98. The predicted octanol–water partition coefficient (Wildman–Crippen LogP) is 3.44. The molecular weight excluding hydrogens is 1110 g/mol. The maximum absolute atomic E-state index is 14.6. The molecule has 84 heavy (non-hydrogen) atoms. The van der Waals surface area contributed by atoms with Gasteiger partial charge in [-0.05, 0) is 62.1 Å². The van der Waals surface area contributed by atoms with Crippen LogP contribution in [0.25, 0.3) is 0 Å². The van der Waals surface area contributed by atoms with Gasteiger partial charge in [0.1, 0.15) is 24.6 Å². The summed E-state index contributed by atoms with van der Waals surface area (Å²) in [5, 5.41) is 24.1. The highest BCUT2D eigenvalue weighted by Crippen LogP contribution is 2.42. The second kappa shape index (κ2) is 29.6. The third-order valence-electron chi connectivity index (χ3n) is 12.4. The van der Waals surface area contributed by atoms with Gasteiger partial charge in [0.05, 0.1) is 76.5 Å². The minimum Gasteiger partial charge on any atom is -0.493 e. The van der Waals surface area contributed by atoms with Crippen LogP contribution in [0.15, 0.2) is 66.7 Å². The molecule has 456 valence electrons. The fourth-order valence-corrected chi connectivity index (χ4v) is 8.98. The van der Waals surface area contributed by atoms with E-state index in [1.807, 2.05) is 0 Å². The van der Waals surface area contributed by atoms with Crippen LogP contribution >= 0.6 is 0 Å². The number of aliphatic carboxylic acids is 1. The number of anilines is 1. The number of ether oxygens (including phenoxy) is 12. The van der Waals surface area contributed by atoms with Crippen molar-refractivity contribution in [3.05, 3.63) is 94.6 Å². The van der Waals surface area contributed by atoms with E-state index in [-0.39, 0.29) is 105 Å². The van der Waals surface area contributed by atoms with Gasteiger partial charge in [-0.25, -0.2) is 19.3 Å². The Balaban J connectivity index is 1.27. The first-order valence-electron chi connectivity index (χ1n) is 26.2. The van der Waals surface area contributed by atoms with Crippen LogP contribution in [0.4, 0.5) is 15.3 Å². The molecule has 3 aliphatic heterocycles. The van der Waals surface area contributed by atoms with E-state index >= 15 is 0 Å². The van der Waals surface area contributed by atoms with Gasteiger partial charge < -0.3 is 77.3 Å². The maximum Gasteiger partial charge on any atom is 0.431 e. The first-order chi connectivity index (χ1) is 39.9. The van der Waals surface area contributed by atoms with E-state index in [9.17, 15) is 53.4 Å². The first kappa shape index (κ1) is 64.6. The lowest BCUT2D eigenvalue weighted by Crippen LogP contribution is -2.64. The predicted molar refractivity (Wildman–Crippen MR) is 286 cm³/mol. The molecule has 0 aliphatic carbocycles. The summed E-state index contributed by atoms with van der Waals surface area (Å²) in [6, 6.07) is 12.3. The number of benzene rings is 3. The first-order valence-corrected chi connectivity index (χ1v) is 26.2. The average Bonchev–Trinajstić information content (AvgIpc) is 2.05. The van der Waals surface area contributed by atoms with E-state index in [1.54, 1.807) is 45.0 Å². The van der Waals surface area contributed by atoms with Gasteiger partial charge in [0, 0.05) is 39.9 Å². The summed E-state index contributed by atoms with van der Waals surface area (Å²) >= 11 is 0. The zero-order chi connectivity index (χ0) is 61.4. The number of carboxylic acids is 1. The molecule has 3 aromatic rings. The van der Waals surface area contributed by atoms with Crippen LogP contribution in [-0.4, -0.2) is 178 Å². The smallest absolute Gasteiger partial charge is 0.431 e. The number of aliphatic hydroxyl groups excluding tert-OH is 1. The van der Waals surface area contributed by atoms with Crippen LogP contribution in [-0.2, 0) is 91.1 Å². The molecule has 0 aromatic heterocycles. The Morgan fingerprint density at radius 2 is 1.43 bits per heavy atom. The number of esters is 4. The number of methoxy groups -OCH3 is 2. The number of hydrogen-bond donors (Lipinski definition) is 4. The molecule has 2 saturated heterocycles. The van der Waals surface area contributed by atoms with E-state index < -0.39 is 109 Å². The Labute approximate surface area is 482 Å². The normalized spacial score (nSPS) is 20.0. The van der Waals surface area contributed by atoms with Gasteiger partial charge in [-0.1, -0.05) is 42.5 Å². The highest BCUT2D eigenvalue weighted by Gasteiger charge is 2.56. The highest BCUT2D eigenvalue weighted by molar-refractivity contribution is 6.06. The van der Waals surface area contributed by atoms with Crippen LogP contribution in [0.5, 0.6) is 17.2 Å². The molecule has 1 unspecified atom stereocenters. The number of carboxylic acid groups (broad SMARTS) is 1. The molecule has 0 spiro atoms. The van der Waals surface area contributed by atoms with Crippen molar-refractivity contribution < 1.29 is 115 Å². The van der Waals surface area contributed by atoms with Crippen molar-refractivity contribution in [1.82, 2.24) is 15.7 Å². The lowest BCUT2D eigenvalue weighted by Gasteiger charge is -2.43. The average molecular weight is 1180 g/mol. The second-order valence-electron chi connectivity index (χ2n) is 20.0. The Morgan fingerprint density at radius 3 is 2.10 bits per heavy atom. The SMILES string of the molecule is C=C1C[C@H]2C(O)N(C(=O)OCc3ccc(O[C@@H]4O[C@H](C(=O)OC)[C@@H](OC(C)=O)[C@H](OC(C)=O)[C@H]4OC(C)=O)c(C(=O)NCCOCCOCCONC(=O)OC(C)(C)C)c3)c3cc(OCc4cccc(CC(=O)O)c4)c(OC)cc3C(=O)N2C1. The molecular formula is C56H68N4O24. The minimum atomic E-state index is -1.89. The zero-order valence-corrected chi connectivity index (χ0v) is 47.5. The van der Waals surface area contributed by atoms with Crippen molar-refractivity contribution in [3.8, 4) is 17.2 Å². The number of carbonyl (C=O) groups excluding carboxylic acids is 8. The fraction of sp³-hybridized carbons (Fsp3) is 0.482. The summed E-state index contributed by atoms with van der Waals surface area (Å²) in [5.74, 6) is -6.54. The number of rotatable bonds is 25. The number of nitrogens with one attached hydrogen (secondary N) is 2. The largest absolute Gasteiger partial charge is 0.493 e. The molecule has 3 heterocycles. The van der Waals surface area contributed by atoms with Crippen molar-refractivity contribution in [2.45, 2.75) is 116 Å². The van der Waals surface area contributed by atoms with Gasteiger partial charge in [0.2, 0.25) is 12.4 Å². The summed E-state index contributed by atoms with van der Waals surface area (Å²) in [6.07, 6.45) is -12.7. The molecule has 3 aliphatic rings. The van der Waals surface area contributed by atoms with Crippen molar-refractivity contribution in [3.63, 3.8) is 0 Å². The van der Waals surface area contributed by atoms with Crippen LogP contribution in [0.2, 0.25) is 0 Å². The van der Waals surface area contributed by atoms with Gasteiger partial charge in [0.25, 0.3) is 11.8 Å². The Kier molecular flexibility index (Phi) is 22.8. The quantitative estimate of drug-likeness (QED) is 0.0310. The van der Waals surface area contributed by atoms with E-state index in [2.05, 4.69) is 17.4 Å². The lowest BCUT2D eigenvalue weighted by atomic mass is 9.97. The minimum absolute atomic E-state index is 0.000169. The molecule has 7 atom stereocenters. The van der Waals surface area contributed by atoms with Crippen molar-refractivity contribution in [2.75, 3.05) is 65.2 Å². The standard InChI is InChI=1S/C56H68N4O24/c1-30-21-40-51(68)60(39-26-43(42(72-8)25-37(39)50(67)59(40)27-30)76-28-35-12-10-11-34(22-35)24-44(64)65)55(71)77-29-36-13-14-41(38(23-36)49(66)57-15-16-74-17-18-75-19-20-78-58-54(70)84-56(5,6)7)82-53-48(81-33(4)63)46(80-32(3)62)45(79-31(2)61)47(83-53)52(69)73-9/h10-14,22-23,25-26,40,45-48,51,53,68H,1,15-21,24,27-29H2,2-9H3,(H,57,66)(H,58,70)(H,64,65)/t40-,45-,46-,47-,48+,51?,53+/m0/s1. The number of amides is 4. The van der Waals surface area contributed by atoms with E-state index in [0.717, 1.165) is 32.8 Å². The molecule has 0 radical (unpaired) electrons. The van der Waals surface area contributed by atoms with Gasteiger partial charge in [-0.15, -0.1) is 0 Å². The Hall–Kier alpha value is -8.57. The van der Waals surface area contributed by atoms with Crippen LogP contribution in [0, 0.1) is 0 Å². The molecule has 0 bridgehead atoms. The monoisotopic (exact) mass is 1180 g/mol. The van der Waals surface area contributed by atoms with Gasteiger partial charge >= 0.3 is 42.0 Å². The van der Waals surface area contributed by atoms with Crippen molar-refractivity contribution in [2.24, 2.45) is 0 Å². The molecule has 2 fully saturated rings.